The molecule has 0 heterocycles. The predicted octanol–water partition coefficient (Wildman–Crippen LogP) is 5.67. The van der Waals surface area contributed by atoms with E-state index in [1.807, 2.05) is 41.5 Å². The highest BCUT2D eigenvalue weighted by molar-refractivity contribution is 5.39. The van der Waals surface area contributed by atoms with E-state index in [-0.39, 0.29) is 16.9 Å². The molecule has 0 atom stereocenters. The summed E-state index contributed by atoms with van der Waals surface area (Å²) in [5, 5.41) is 0. The summed E-state index contributed by atoms with van der Waals surface area (Å²) in [4.78, 5) is 0. The number of aryl methyl sites for hydroxylation is 1. The third kappa shape index (κ3) is 6.58. The summed E-state index contributed by atoms with van der Waals surface area (Å²) in [6.07, 6.45) is 0. The van der Waals surface area contributed by atoms with Gasteiger partial charge in [0, 0.05) is 5.56 Å². The number of hydrogen-bond acceptors (Lipinski definition) is 1. The van der Waals surface area contributed by atoms with Crippen LogP contribution in [0.25, 0.3) is 0 Å². The summed E-state index contributed by atoms with van der Waals surface area (Å²) in [7, 11) is 1.32. The molecule has 0 saturated heterocycles. The molecule has 0 aliphatic heterocycles. The van der Waals surface area contributed by atoms with Gasteiger partial charge in [-0.05, 0) is 25.5 Å². The zero-order chi connectivity index (χ0) is 15.3. The number of ether oxygens (including phenoxy) is 1. The summed E-state index contributed by atoms with van der Waals surface area (Å²) >= 11 is 0. The summed E-state index contributed by atoms with van der Waals surface area (Å²) in [6.45, 7) is 15.0. The van der Waals surface area contributed by atoms with Crippen LogP contribution in [0.1, 0.15) is 52.7 Å². The first kappa shape index (κ1) is 22.1. The lowest BCUT2D eigenvalue weighted by atomic mass is 10.1. The first-order valence-corrected chi connectivity index (χ1v) is 6.57. The van der Waals surface area contributed by atoms with E-state index in [2.05, 4.69) is 0 Å². The number of hydrogen-bond donors (Lipinski definition) is 0. The SMILES string of the molecule is CC.CC.CC.COc1c(C)c(F)cc(C)c1F. The average molecular weight is 262 g/mol. The molecule has 3 heteroatoms. The van der Waals surface area contributed by atoms with Crippen molar-refractivity contribution in [2.75, 3.05) is 7.11 Å². The molecule has 1 rings (SSSR count). The smallest absolute Gasteiger partial charge is 0.168 e. The Hall–Kier alpha value is -1.12. The van der Waals surface area contributed by atoms with Crippen molar-refractivity contribution in [1.82, 2.24) is 0 Å². The summed E-state index contributed by atoms with van der Waals surface area (Å²) < 4.78 is 30.8. The molecule has 0 saturated carbocycles. The minimum absolute atomic E-state index is 0.00694. The first-order valence-electron chi connectivity index (χ1n) is 6.57. The molecule has 0 amide bonds. The van der Waals surface area contributed by atoms with Crippen LogP contribution in [0.15, 0.2) is 6.07 Å². The van der Waals surface area contributed by atoms with Crippen molar-refractivity contribution in [3.05, 3.63) is 28.8 Å². The van der Waals surface area contributed by atoms with E-state index in [1.165, 1.54) is 21.0 Å². The normalized spacial score (nSPS) is 7.72. The second kappa shape index (κ2) is 13.9. The largest absolute Gasteiger partial charge is 0.493 e. The summed E-state index contributed by atoms with van der Waals surface area (Å²) in [5.41, 5.74) is 0.468. The van der Waals surface area contributed by atoms with Crippen molar-refractivity contribution in [1.29, 1.82) is 0 Å². The monoisotopic (exact) mass is 262 g/mol. The van der Waals surface area contributed by atoms with Crippen LogP contribution in [0, 0.1) is 25.5 Å². The standard InChI is InChI=1S/C9H10F2O.3C2H6/c1-5-4-7(10)6(2)9(12-3)8(5)11;3*1-2/h4H,1-3H3;3*1-2H3. The molecule has 0 aliphatic rings. The van der Waals surface area contributed by atoms with Gasteiger partial charge in [-0.2, -0.15) is 0 Å². The third-order valence-electron chi connectivity index (χ3n) is 1.79. The highest BCUT2D eigenvalue weighted by atomic mass is 19.1. The predicted molar refractivity (Wildman–Crippen MR) is 76.4 cm³/mol. The van der Waals surface area contributed by atoms with Crippen LogP contribution in [0.2, 0.25) is 0 Å². The Morgan fingerprint density at radius 3 is 1.61 bits per heavy atom. The van der Waals surface area contributed by atoms with Crippen molar-refractivity contribution in [3.63, 3.8) is 0 Å². The molecule has 0 aromatic heterocycles. The van der Waals surface area contributed by atoms with E-state index in [0.717, 1.165) is 6.07 Å². The van der Waals surface area contributed by atoms with Gasteiger partial charge in [0.25, 0.3) is 0 Å². The van der Waals surface area contributed by atoms with Gasteiger partial charge in [-0.3, -0.25) is 0 Å². The Morgan fingerprint density at radius 1 is 0.889 bits per heavy atom. The highest BCUT2D eigenvalue weighted by Gasteiger charge is 2.13. The molecule has 0 N–H and O–H groups in total. The zero-order valence-corrected chi connectivity index (χ0v) is 13.2. The van der Waals surface area contributed by atoms with Gasteiger partial charge in [0.05, 0.1) is 7.11 Å². The van der Waals surface area contributed by atoms with E-state index in [4.69, 9.17) is 4.74 Å². The topological polar surface area (TPSA) is 9.23 Å². The molecule has 0 spiro atoms. The van der Waals surface area contributed by atoms with Crippen LogP contribution in [0.3, 0.4) is 0 Å². The van der Waals surface area contributed by atoms with Gasteiger partial charge in [0.15, 0.2) is 11.6 Å². The van der Waals surface area contributed by atoms with E-state index >= 15 is 0 Å². The molecule has 1 aromatic carbocycles. The van der Waals surface area contributed by atoms with Gasteiger partial charge in [-0.15, -0.1) is 0 Å². The molecular formula is C15H28F2O. The fourth-order valence-electron chi connectivity index (χ4n) is 1.06. The van der Waals surface area contributed by atoms with Gasteiger partial charge in [0.2, 0.25) is 0 Å². The van der Waals surface area contributed by atoms with Crippen LogP contribution in [-0.2, 0) is 0 Å². The van der Waals surface area contributed by atoms with Crippen LogP contribution >= 0.6 is 0 Å². The number of halogens is 2. The Labute approximate surface area is 111 Å². The molecule has 0 fully saturated rings. The van der Waals surface area contributed by atoms with Gasteiger partial charge in [0.1, 0.15) is 5.82 Å². The lowest BCUT2D eigenvalue weighted by Crippen LogP contribution is -1.97. The Bertz CT molecular complexity index is 284. The van der Waals surface area contributed by atoms with Crippen molar-refractivity contribution >= 4 is 0 Å². The molecular weight excluding hydrogens is 234 g/mol. The number of rotatable bonds is 1. The molecule has 108 valence electrons. The van der Waals surface area contributed by atoms with Crippen molar-refractivity contribution in [2.45, 2.75) is 55.4 Å². The minimum atomic E-state index is -0.489. The van der Waals surface area contributed by atoms with E-state index in [1.54, 1.807) is 0 Å². The second-order valence-electron chi connectivity index (χ2n) is 2.65. The highest BCUT2D eigenvalue weighted by Crippen LogP contribution is 2.26. The van der Waals surface area contributed by atoms with Crippen molar-refractivity contribution in [2.24, 2.45) is 0 Å². The van der Waals surface area contributed by atoms with Crippen LogP contribution < -0.4 is 4.74 Å². The average Bonchev–Trinajstić information content (AvgIpc) is 2.44. The molecule has 0 aliphatic carbocycles. The maximum Gasteiger partial charge on any atom is 0.168 e. The van der Waals surface area contributed by atoms with E-state index in [9.17, 15) is 8.78 Å². The fraction of sp³-hybridized carbons (Fsp3) is 0.600. The zero-order valence-electron chi connectivity index (χ0n) is 13.2. The molecule has 18 heavy (non-hydrogen) atoms. The fourth-order valence-corrected chi connectivity index (χ4v) is 1.06. The summed E-state index contributed by atoms with van der Waals surface area (Å²) in [6, 6.07) is 1.16. The molecule has 0 radical (unpaired) electrons. The maximum absolute atomic E-state index is 13.2. The molecule has 0 bridgehead atoms. The van der Waals surface area contributed by atoms with Gasteiger partial charge in [-0.25, -0.2) is 8.78 Å². The lowest BCUT2D eigenvalue weighted by Gasteiger charge is -2.08. The molecule has 0 unspecified atom stereocenters. The molecule has 1 nitrogen and oxygen atoms in total. The third-order valence-corrected chi connectivity index (χ3v) is 1.79. The van der Waals surface area contributed by atoms with Crippen LogP contribution in [0.4, 0.5) is 8.78 Å². The van der Waals surface area contributed by atoms with Gasteiger partial charge < -0.3 is 4.74 Å². The van der Waals surface area contributed by atoms with Crippen molar-refractivity contribution < 1.29 is 13.5 Å². The maximum atomic E-state index is 13.2. The second-order valence-corrected chi connectivity index (χ2v) is 2.65. The van der Waals surface area contributed by atoms with Crippen LogP contribution in [0.5, 0.6) is 5.75 Å². The Balaban J connectivity index is -0.000000328. The quantitative estimate of drug-likeness (QED) is 0.633. The van der Waals surface area contributed by atoms with Gasteiger partial charge >= 0.3 is 0 Å². The van der Waals surface area contributed by atoms with E-state index < -0.39 is 11.6 Å². The Morgan fingerprint density at radius 2 is 1.28 bits per heavy atom. The van der Waals surface area contributed by atoms with E-state index in [0.29, 0.717) is 0 Å². The lowest BCUT2D eigenvalue weighted by molar-refractivity contribution is 0.377. The number of benzene rings is 1. The van der Waals surface area contributed by atoms with Crippen molar-refractivity contribution in [3.8, 4) is 5.75 Å². The summed E-state index contributed by atoms with van der Waals surface area (Å²) in [5.74, 6) is -0.936. The minimum Gasteiger partial charge on any atom is -0.493 e. The molecule has 1 aromatic rings. The first-order chi connectivity index (χ1) is 8.57. The Kier molecular flexibility index (Phi) is 17.1. The number of methoxy groups -OCH3 is 1. The van der Waals surface area contributed by atoms with Crippen LogP contribution in [-0.4, -0.2) is 7.11 Å². The van der Waals surface area contributed by atoms with Gasteiger partial charge in [-0.1, -0.05) is 41.5 Å².